The summed E-state index contributed by atoms with van der Waals surface area (Å²) in [4.78, 5) is 2.66. The Morgan fingerprint density at radius 3 is 2.47 bits per heavy atom. The molecule has 0 aliphatic carbocycles. The van der Waals surface area contributed by atoms with E-state index in [-0.39, 0.29) is 0 Å². The SMILES string of the molecule is CC(C)(C)C1CCN(CCCCCBr)C1. The molecule has 15 heavy (non-hydrogen) atoms. The van der Waals surface area contributed by atoms with E-state index >= 15 is 0 Å². The maximum absolute atomic E-state index is 3.49. The van der Waals surface area contributed by atoms with Gasteiger partial charge < -0.3 is 4.90 Å². The maximum Gasteiger partial charge on any atom is 0.00313 e. The van der Waals surface area contributed by atoms with Crippen LogP contribution in [0.5, 0.6) is 0 Å². The Labute approximate surface area is 104 Å². The van der Waals surface area contributed by atoms with Crippen LogP contribution in [0.25, 0.3) is 0 Å². The highest BCUT2D eigenvalue weighted by Crippen LogP contribution is 2.33. The van der Waals surface area contributed by atoms with E-state index in [1.807, 2.05) is 0 Å². The van der Waals surface area contributed by atoms with Crippen LogP contribution in [-0.2, 0) is 0 Å². The molecule has 1 aliphatic rings. The average molecular weight is 276 g/mol. The Kier molecular flexibility index (Phi) is 5.62. The van der Waals surface area contributed by atoms with Gasteiger partial charge in [0.15, 0.2) is 0 Å². The van der Waals surface area contributed by atoms with Crippen LogP contribution in [-0.4, -0.2) is 29.9 Å². The molecule has 0 radical (unpaired) electrons. The summed E-state index contributed by atoms with van der Waals surface area (Å²) in [5, 5.41) is 1.16. The third-order valence-electron chi connectivity index (χ3n) is 3.61. The minimum absolute atomic E-state index is 0.505. The third-order valence-corrected chi connectivity index (χ3v) is 4.17. The van der Waals surface area contributed by atoms with Crippen LogP contribution in [0.1, 0.15) is 46.5 Å². The van der Waals surface area contributed by atoms with E-state index in [2.05, 4.69) is 41.6 Å². The molecule has 0 spiro atoms. The molecule has 1 nitrogen and oxygen atoms in total. The van der Waals surface area contributed by atoms with Gasteiger partial charge in [0.2, 0.25) is 0 Å². The van der Waals surface area contributed by atoms with Gasteiger partial charge in [0.25, 0.3) is 0 Å². The Morgan fingerprint density at radius 1 is 1.20 bits per heavy atom. The summed E-state index contributed by atoms with van der Waals surface area (Å²) in [7, 11) is 0. The molecule has 0 saturated carbocycles. The summed E-state index contributed by atoms with van der Waals surface area (Å²) in [6.45, 7) is 11.1. The van der Waals surface area contributed by atoms with E-state index in [0.29, 0.717) is 5.41 Å². The number of rotatable bonds is 5. The highest BCUT2D eigenvalue weighted by atomic mass is 79.9. The van der Waals surface area contributed by atoms with Crippen molar-refractivity contribution in [1.29, 1.82) is 0 Å². The molecule has 1 saturated heterocycles. The van der Waals surface area contributed by atoms with Crippen LogP contribution in [0.3, 0.4) is 0 Å². The lowest BCUT2D eigenvalue weighted by molar-refractivity contribution is 0.228. The second-order valence-corrected chi connectivity index (χ2v) is 6.69. The van der Waals surface area contributed by atoms with Crippen molar-refractivity contribution >= 4 is 15.9 Å². The van der Waals surface area contributed by atoms with Crippen LogP contribution in [0.2, 0.25) is 0 Å². The van der Waals surface area contributed by atoms with Crippen molar-refractivity contribution in [1.82, 2.24) is 4.90 Å². The number of nitrogens with zero attached hydrogens (tertiary/aromatic N) is 1. The Balaban J connectivity index is 2.14. The zero-order chi connectivity index (χ0) is 11.3. The van der Waals surface area contributed by atoms with Gasteiger partial charge in [0.05, 0.1) is 0 Å². The fraction of sp³-hybridized carbons (Fsp3) is 1.00. The molecule has 0 N–H and O–H groups in total. The molecule has 0 aromatic rings. The minimum Gasteiger partial charge on any atom is -0.303 e. The monoisotopic (exact) mass is 275 g/mol. The minimum atomic E-state index is 0.505. The number of halogens is 1. The summed E-state index contributed by atoms with van der Waals surface area (Å²) >= 11 is 3.49. The maximum atomic E-state index is 3.49. The first kappa shape index (κ1) is 13.5. The molecule has 1 fully saturated rings. The summed E-state index contributed by atoms with van der Waals surface area (Å²) in [5.41, 5.74) is 0.505. The first-order chi connectivity index (χ1) is 7.04. The van der Waals surface area contributed by atoms with Gasteiger partial charge in [-0.2, -0.15) is 0 Å². The lowest BCUT2D eigenvalue weighted by atomic mass is 9.80. The van der Waals surface area contributed by atoms with Crippen molar-refractivity contribution < 1.29 is 0 Å². The zero-order valence-electron chi connectivity index (χ0n) is 10.6. The molecule has 90 valence electrons. The molecular formula is C13H26BrN. The quantitative estimate of drug-likeness (QED) is 0.543. The largest absolute Gasteiger partial charge is 0.303 e. The topological polar surface area (TPSA) is 3.24 Å². The van der Waals surface area contributed by atoms with Crippen molar-refractivity contribution in [2.24, 2.45) is 11.3 Å². The van der Waals surface area contributed by atoms with Crippen molar-refractivity contribution in [2.75, 3.05) is 25.0 Å². The first-order valence-corrected chi connectivity index (χ1v) is 7.44. The molecule has 1 atom stereocenters. The van der Waals surface area contributed by atoms with E-state index in [0.717, 1.165) is 11.2 Å². The molecule has 1 unspecified atom stereocenters. The normalized spacial score (nSPS) is 23.6. The van der Waals surface area contributed by atoms with Gasteiger partial charge in [-0.25, -0.2) is 0 Å². The number of hydrogen-bond donors (Lipinski definition) is 0. The van der Waals surface area contributed by atoms with Crippen LogP contribution in [0.15, 0.2) is 0 Å². The molecular weight excluding hydrogens is 250 g/mol. The average Bonchev–Trinajstić information content (AvgIpc) is 2.60. The van der Waals surface area contributed by atoms with Gasteiger partial charge in [-0.15, -0.1) is 0 Å². The second kappa shape index (κ2) is 6.24. The standard InChI is InChI=1S/C13H26BrN/c1-13(2,3)12-7-10-15(11-12)9-6-4-5-8-14/h12H,4-11H2,1-3H3. The van der Waals surface area contributed by atoms with E-state index in [1.54, 1.807) is 0 Å². The van der Waals surface area contributed by atoms with Crippen molar-refractivity contribution in [3.8, 4) is 0 Å². The summed E-state index contributed by atoms with van der Waals surface area (Å²) in [6, 6.07) is 0. The molecule has 1 rings (SSSR count). The molecule has 1 aliphatic heterocycles. The van der Waals surface area contributed by atoms with Gasteiger partial charge in [-0.1, -0.05) is 43.1 Å². The molecule has 0 amide bonds. The van der Waals surface area contributed by atoms with E-state index in [4.69, 9.17) is 0 Å². The third kappa shape index (κ3) is 4.86. The molecule has 2 heteroatoms. The molecule has 0 aromatic carbocycles. The van der Waals surface area contributed by atoms with Gasteiger partial charge in [-0.3, -0.25) is 0 Å². The van der Waals surface area contributed by atoms with Crippen LogP contribution in [0.4, 0.5) is 0 Å². The lowest BCUT2D eigenvalue weighted by Gasteiger charge is -2.27. The zero-order valence-corrected chi connectivity index (χ0v) is 12.1. The fourth-order valence-electron chi connectivity index (χ4n) is 2.35. The molecule has 0 aromatic heterocycles. The van der Waals surface area contributed by atoms with Crippen molar-refractivity contribution in [3.05, 3.63) is 0 Å². The van der Waals surface area contributed by atoms with Crippen molar-refractivity contribution in [2.45, 2.75) is 46.5 Å². The van der Waals surface area contributed by atoms with E-state index in [9.17, 15) is 0 Å². The van der Waals surface area contributed by atoms with Gasteiger partial charge >= 0.3 is 0 Å². The number of alkyl halides is 1. The smallest absolute Gasteiger partial charge is 0.00313 e. The summed E-state index contributed by atoms with van der Waals surface area (Å²) in [6.07, 6.45) is 5.49. The van der Waals surface area contributed by atoms with E-state index in [1.165, 1.54) is 45.3 Å². The Morgan fingerprint density at radius 2 is 1.93 bits per heavy atom. The van der Waals surface area contributed by atoms with Crippen LogP contribution in [0, 0.1) is 11.3 Å². The summed E-state index contributed by atoms with van der Waals surface area (Å²) in [5.74, 6) is 0.911. The Hall–Kier alpha value is 0.440. The van der Waals surface area contributed by atoms with Gasteiger partial charge in [0, 0.05) is 11.9 Å². The number of likely N-dealkylation sites (tertiary alicyclic amines) is 1. The Bertz CT molecular complexity index is 174. The van der Waals surface area contributed by atoms with Crippen molar-refractivity contribution in [3.63, 3.8) is 0 Å². The van der Waals surface area contributed by atoms with E-state index < -0.39 is 0 Å². The summed E-state index contributed by atoms with van der Waals surface area (Å²) < 4.78 is 0. The number of unbranched alkanes of at least 4 members (excludes halogenated alkanes) is 2. The van der Waals surface area contributed by atoms with Crippen LogP contribution >= 0.6 is 15.9 Å². The molecule has 0 bridgehead atoms. The predicted octanol–water partition coefficient (Wildman–Crippen LogP) is 3.92. The van der Waals surface area contributed by atoms with Gasteiger partial charge in [-0.05, 0) is 43.7 Å². The highest BCUT2D eigenvalue weighted by molar-refractivity contribution is 9.09. The predicted molar refractivity (Wildman–Crippen MR) is 71.6 cm³/mol. The highest BCUT2D eigenvalue weighted by Gasteiger charge is 2.31. The first-order valence-electron chi connectivity index (χ1n) is 6.32. The molecule has 1 heterocycles. The number of hydrogen-bond acceptors (Lipinski definition) is 1. The van der Waals surface area contributed by atoms with Crippen LogP contribution < -0.4 is 0 Å². The lowest BCUT2D eigenvalue weighted by Crippen LogP contribution is -2.26. The second-order valence-electron chi connectivity index (χ2n) is 5.90. The van der Waals surface area contributed by atoms with Gasteiger partial charge in [0.1, 0.15) is 0 Å². The fourth-order valence-corrected chi connectivity index (χ4v) is 2.75.